The van der Waals surface area contributed by atoms with Crippen molar-refractivity contribution in [3.63, 3.8) is 0 Å². The monoisotopic (exact) mass is 983 g/mol. The zero-order chi connectivity index (χ0) is 50.8. The van der Waals surface area contributed by atoms with Gasteiger partial charge in [0.15, 0.2) is 0 Å². The second-order valence-corrected chi connectivity index (χ2v) is 20.8. The molecular formula is C59H103N2O7P. The van der Waals surface area contributed by atoms with Crippen LogP contribution in [0, 0.1) is 0 Å². The minimum Gasteiger partial charge on any atom is -0.756 e. The average Bonchev–Trinajstić information content (AvgIpc) is 3.31. The third-order valence-electron chi connectivity index (χ3n) is 11.5. The molecule has 0 rings (SSSR count). The molecule has 9 nitrogen and oxygen atoms in total. The van der Waals surface area contributed by atoms with Crippen molar-refractivity contribution in [1.29, 1.82) is 0 Å². The summed E-state index contributed by atoms with van der Waals surface area (Å²) in [6.07, 6.45) is 63.8. The highest BCUT2D eigenvalue weighted by Gasteiger charge is 2.27. The van der Waals surface area contributed by atoms with Gasteiger partial charge in [-0.3, -0.25) is 14.2 Å². The van der Waals surface area contributed by atoms with Crippen LogP contribution in [-0.4, -0.2) is 69.4 Å². The molecule has 0 aliphatic heterocycles. The number of hydrogen-bond donors (Lipinski definition) is 1. The van der Waals surface area contributed by atoms with Gasteiger partial charge >= 0.3 is 5.97 Å². The zero-order valence-electron chi connectivity index (χ0n) is 45.0. The minimum absolute atomic E-state index is 0.0400. The molecule has 396 valence electrons. The van der Waals surface area contributed by atoms with E-state index in [1.165, 1.54) is 77.0 Å². The standard InChI is InChI=1S/C59H103N2O7P/c1-7-10-13-16-19-22-25-28-30-31-32-34-37-40-43-46-49-52-59(63)68-57(50-47-44-41-38-35-27-24-21-18-15-12-9-3)56(55-67-69(64,65)66-54-53-61(4,5)6)60-58(62)51-48-45-42-39-36-33-29-26-23-20-17-14-11-8-2/h11,14,19-20,22-23,28-30,32-34,40,43,47,50,56-57H,7-10,12-13,15-18,21,24-27,31,35-39,41-42,44-46,48-49,51-55H2,1-6H3,(H-,60,62,64,65)/b14-11+,22-19-,23-20+,30-28-,33-29+,34-32-,43-40-,50-47+. The van der Waals surface area contributed by atoms with Crippen molar-refractivity contribution in [2.24, 2.45) is 0 Å². The molecule has 0 spiro atoms. The second-order valence-electron chi connectivity index (χ2n) is 19.3. The maximum Gasteiger partial charge on any atom is 0.306 e. The molecule has 3 atom stereocenters. The molecule has 0 fully saturated rings. The van der Waals surface area contributed by atoms with Gasteiger partial charge in [0.25, 0.3) is 7.82 Å². The van der Waals surface area contributed by atoms with Gasteiger partial charge in [-0.2, -0.15) is 0 Å². The lowest BCUT2D eigenvalue weighted by molar-refractivity contribution is -0.870. The molecule has 0 aliphatic carbocycles. The molecule has 0 saturated heterocycles. The summed E-state index contributed by atoms with van der Waals surface area (Å²) in [6.45, 7) is 6.62. The smallest absolute Gasteiger partial charge is 0.306 e. The Kier molecular flexibility index (Phi) is 46.4. The Morgan fingerprint density at radius 3 is 1.45 bits per heavy atom. The van der Waals surface area contributed by atoms with Crippen LogP contribution in [0.2, 0.25) is 0 Å². The third kappa shape index (κ3) is 49.7. The van der Waals surface area contributed by atoms with E-state index >= 15 is 0 Å². The van der Waals surface area contributed by atoms with Crippen molar-refractivity contribution >= 4 is 19.7 Å². The Hall–Kier alpha value is -3.07. The summed E-state index contributed by atoms with van der Waals surface area (Å²) in [5.74, 6) is -0.641. The van der Waals surface area contributed by atoms with Crippen molar-refractivity contribution in [3.05, 3.63) is 97.2 Å². The summed E-state index contributed by atoms with van der Waals surface area (Å²) in [5, 5.41) is 2.98. The Morgan fingerprint density at radius 1 is 0.522 bits per heavy atom. The van der Waals surface area contributed by atoms with Crippen LogP contribution in [0.3, 0.4) is 0 Å². The first kappa shape index (κ1) is 65.9. The molecular weight excluding hydrogens is 880 g/mol. The number of esters is 1. The Morgan fingerprint density at radius 2 is 0.942 bits per heavy atom. The first-order valence-electron chi connectivity index (χ1n) is 27.5. The number of nitrogens with one attached hydrogen (secondary N) is 1. The zero-order valence-corrected chi connectivity index (χ0v) is 45.9. The van der Waals surface area contributed by atoms with Crippen molar-refractivity contribution in [3.8, 4) is 0 Å². The second kappa shape index (κ2) is 48.6. The van der Waals surface area contributed by atoms with E-state index in [4.69, 9.17) is 13.8 Å². The molecule has 1 N–H and O–H groups in total. The van der Waals surface area contributed by atoms with Gasteiger partial charge in [-0.25, -0.2) is 0 Å². The van der Waals surface area contributed by atoms with E-state index in [9.17, 15) is 19.0 Å². The summed E-state index contributed by atoms with van der Waals surface area (Å²) < 4.78 is 30.1. The molecule has 0 aromatic heterocycles. The lowest BCUT2D eigenvalue weighted by atomic mass is 10.1. The first-order valence-corrected chi connectivity index (χ1v) is 29.0. The van der Waals surface area contributed by atoms with Gasteiger partial charge in [-0.1, -0.05) is 195 Å². The number of phosphoric acid groups is 1. The molecule has 3 unspecified atom stereocenters. The van der Waals surface area contributed by atoms with Gasteiger partial charge in [0.1, 0.15) is 19.3 Å². The average molecular weight is 983 g/mol. The van der Waals surface area contributed by atoms with Gasteiger partial charge in [-0.05, 0) is 102 Å². The number of unbranched alkanes of at least 4 members (excludes halogenated alkanes) is 18. The third-order valence-corrected chi connectivity index (χ3v) is 12.5. The molecule has 0 saturated carbocycles. The highest BCUT2D eigenvalue weighted by molar-refractivity contribution is 7.45. The molecule has 0 heterocycles. The summed E-state index contributed by atoms with van der Waals surface area (Å²) in [4.78, 5) is 39.7. The van der Waals surface area contributed by atoms with Crippen molar-refractivity contribution in [1.82, 2.24) is 5.32 Å². The number of rotatable bonds is 48. The fourth-order valence-corrected chi connectivity index (χ4v) is 7.96. The quantitative estimate of drug-likeness (QED) is 0.0212. The number of allylic oxidation sites excluding steroid dienone is 15. The Labute approximate surface area is 424 Å². The normalized spacial score (nSPS) is 14.6. The lowest BCUT2D eigenvalue weighted by Gasteiger charge is -2.30. The fourth-order valence-electron chi connectivity index (χ4n) is 7.23. The summed E-state index contributed by atoms with van der Waals surface area (Å²) >= 11 is 0. The number of amides is 1. The lowest BCUT2D eigenvalue weighted by Crippen LogP contribution is -2.47. The van der Waals surface area contributed by atoms with Gasteiger partial charge in [-0.15, -0.1) is 0 Å². The maximum atomic E-state index is 13.4. The van der Waals surface area contributed by atoms with Gasteiger partial charge in [0, 0.05) is 12.8 Å². The minimum atomic E-state index is -4.71. The van der Waals surface area contributed by atoms with Crippen molar-refractivity contribution in [2.45, 2.75) is 226 Å². The number of likely N-dealkylation sites (N-methyl/N-ethyl adjacent to an activating group) is 1. The van der Waals surface area contributed by atoms with E-state index in [0.717, 1.165) is 89.9 Å². The number of quaternary nitrogens is 1. The van der Waals surface area contributed by atoms with Crippen LogP contribution in [0.1, 0.15) is 213 Å². The summed E-state index contributed by atoms with van der Waals surface area (Å²) in [5.41, 5.74) is 0. The van der Waals surface area contributed by atoms with Crippen LogP contribution in [0.25, 0.3) is 0 Å². The highest BCUT2D eigenvalue weighted by atomic mass is 31.2. The molecule has 0 aliphatic rings. The molecule has 0 aromatic carbocycles. The number of carbonyl (C=O) groups excluding carboxylic acids is 2. The molecule has 10 heteroatoms. The van der Waals surface area contributed by atoms with Crippen molar-refractivity contribution in [2.75, 3.05) is 40.9 Å². The van der Waals surface area contributed by atoms with Crippen LogP contribution < -0.4 is 10.2 Å². The van der Waals surface area contributed by atoms with Gasteiger partial charge in [0.05, 0.1) is 33.8 Å². The largest absolute Gasteiger partial charge is 0.756 e. The Balaban J connectivity index is 5.53. The number of ether oxygens (including phenoxy) is 1. The van der Waals surface area contributed by atoms with E-state index in [2.05, 4.69) is 111 Å². The summed E-state index contributed by atoms with van der Waals surface area (Å²) in [6, 6.07) is -0.926. The number of carbonyl (C=O) groups is 2. The van der Waals surface area contributed by atoms with Gasteiger partial charge in [0.2, 0.25) is 5.91 Å². The Bertz CT molecular complexity index is 1510. The molecule has 1 amide bonds. The SMILES string of the molecule is CC/C=C/C/C=C/C/C=C/CCCCCCC(=O)NC(COP(=O)([O-])OCC[N+](C)(C)C)C(/C=C/CCCCCCCCCCCC)OC(=O)CCC/C=C\C/C=C\C/C=C\C/C=C\CCCCC. The maximum absolute atomic E-state index is 13.4. The number of nitrogens with zero attached hydrogens (tertiary/aromatic N) is 1. The van der Waals surface area contributed by atoms with E-state index in [0.29, 0.717) is 23.9 Å². The summed E-state index contributed by atoms with van der Waals surface area (Å²) in [7, 11) is 1.13. The highest BCUT2D eigenvalue weighted by Crippen LogP contribution is 2.38. The molecule has 69 heavy (non-hydrogen) atoms. The van der Waals surface area contributed by atoms with Crippen molar-refractivity contribution < 1.29 is 37.3 Å². The van der Waals surface area contributed by atoms with Crippen LogP contribution in [0.5, 0.6) is 0 Å². The van der Waals surface area contributed by atoms with E-state index in [1.807, 2.05) is 27.2 Å². The predicted molar refractivity (Wildman–Crippen MR) is 293 cm³/mol. The first-order chi connectivity index (χ1) is 33.4. The topological polar surface area (TPSA) is 114 Å². The van der Waals surface area contributed by atoms with Gasteiger partial charge < -0.3 is 28.5 Å². The molecule has 0 bridgehead atoms. The van der Waals surface area contributed by atoms with E-state index < -0.39 is 32.5 Å². The van der Waals surface area contributed by atoms with Crippen LogP contribution >= 0.6 is 7.82 Å². The fraction of sp³-hybridized carbons (Fsp3) is 0.695. The van der Waals surface area contributed by atoms with Crippen LogP contribution in [0.4, 0.5) is 0 Å². The van der Waals surface area contributed by atoms with Crippen LogP contribution in [-0.2, 0) is 27.9 Å². The van der Waals surface area contributed by atoms with Crippen LogP contribution in [0.15, 0.2) is 97.2 Å². The number of hydrogen-bond acceptors (Lipinski definition) is 7. The van der Waals surface area contributed by atoms with E-state index in [1.54, 1.807) is 6.08 Å². The number of phosphoric ester groups is 1. The molecule has 0 aromatic rings. The van der Waals surface area contributed by atoms with E-state index in [-0.39, 0.29) is 25.4 Å². The predicted octanol–water partition coefficient (Wildman–Crippen LogP) is 15.8. The molecule has 0 radical (unpaired) electrons.